The van der Waals surface area contributed by atoms with Crippen molar-refractivity contribution in [1.82, 2.24) is 0 Å². The molecule has 0 aromatic heterocycles. The highest BCUT2D eigenvalue weighted by atomic mass is 35.5. The van der Waals surface area contributed by atoms with E-state index in [-0.39, 0.29) is 10.8 Å². The Labute approximate surface area is 67.5 Å². The highest BCUT2D eigenvalue weighted by molar-refractivity contribution is 6.32. The fourth-order valence-electron chi connectivity index (χ4n) is 0.681. The Kier molecular flexibility index (Phi) is 2.29. The van der Waals surface area contributed by atoms with Crippen LogP contribution in [0.15, 0.2) is 12.1 Å². The highest BCUT2D eigenvalue weighted by Crippen LogP contribution is 2.27. The number of hydrogen-bond acceptors (Lipinski definition) is 1. The number of rotatable bonds is 1. The molecular weight excluding hydrogens is 174 g/mol. The van der Waals surface area contributed by atoms with E-state index in [1.807, 2.05) is 0 Å². The minimum absolute atomic E-state index is 0.00386. The largest absolute Gasteiger partial charge is 0.495 e. The molecule has 0 radical (unpaired) electrons. The smallest absolute Gasteiger partial charge is 0.148 e. The number of halogens is 3. The van der Waals surface area contributed by atoms with Gasteiger partial charge in [-0.3, -0.25) is 0 Å². The Morgan fingerprint density at radius 3 is 2.55 bits per heavy atom. The summed E-state index contributed by atoms with van der Waals surface area (Å²) in [6.45, 7) is 0. The van der Waals surface area contributed by atoms with Crippen molar-refractivity contribution in [1.29, 1.82) is 0 Å². The molecule has 4 heteroatoms. The molecule has 0 fully saturated rings. The summed E-state index contributed by atoms with van der Waals surface area (Å²) < 4.78 is 29.6. The van der Waals surface area contributed by atoms with Gasteiger partial charge in [-0.1, -0.05) is 11.6 Å². The first-order valence-corrected chi connectivity index (χ1v) is 3.21. The van der Waals surface area contributed by atoms with Crippen LogP contribution in [0.1, 0.15) is 0 Å². The van der Waals surface area contributed by atoms with E-state index in [1.54, 1.807) is 0 Å². The standard InChI is InChI=1S/C7H5ClF2O/c1-11-6-3-4(9)2-5(10)7(6)8/h2-3H,1H3. The van der Waals surface area contributed by atoms with Crippen molar-refractivity contribution in [2.75, 3.05) is 7.11 Å². The van der Waals surface area contributed by atoms with Crippen molar-refractivity contribution in [3.63, 3.8) is 0 Å². The van der Waals surface area contributed by atoms with Crippen molar-refractivity contribution in [3.05, 3.63) is 28.8 Å². The summed E-state index contributed by atoms with van der Waals surface area (Å²) in [6.07, 6.45) is 0. The molecule has 0 amide bonds. The molecule has 1 nitrogen and oxygen atoms in total. The average Bonchev–Trinajstić information content (AvgIpc) is 1.96. The van der Waals surface area contributed by atoms with Crippen molar-refractivity contribution in [2.45, 2.75) is 0 Å². The molecular formula is C7H5ClF2O. The van der Waals surface area contributed by atoms with Crippen LogP contribution in [0.4, 0.5) is 8.78 Å². The lowest BCUT2D eigenvalue weighted by molar-refractivity contribution is 0.407. The SMILES string of the molecule is COc1cc(F)cc(F)c1Cl. The predicted molar refractivity (Wildman–Crippen MR) is 37.9 cm³/mol. The number of benzene rings is 1. The predicted octanol–water partition coefficient (Wildman–Crippen LogP) is 2.63. The van der Waals surface area contributed by atoms with Gasteiger partial charge in [0.1, 0.15) is 22.4 Å². The van der Waals surface area contributed by atoms with E-state index in [1.165, 1.54) is 7.11 Å². The molecule has 0 atom stereocenters. The fourth-order valence-corrected chi connectivity index (χ4v) is 0.867. The Morgan fingerprint density at radius 2 is 2.00 bits per heavy atom. The maximum atomic E-state index is 12.6. The van der Waals surface area contributed by atoms with E-state index in [2.05, 4.69) is 4.74 Å². The number of methoxy groups -OCH3 is 1. The van der Waals surface area contributed by atoms with Crippen LogP contribution >= 0.6 is 11.6 Å². The molecule has 1 aromatic rings. The highest BCUT2D eigenvalue weighted by Gasteiger charge is 2.08. The molecule has 0 N–H and O–H groups in total. The Hall–Kier alpha value is -0.830. The lowest BCUT2D eigenvalue weighted by Gasteiger charge is -2.02. The van der Waals surface area contributed by atoms with E-state index >= 15 is 0 Å². The number of hydrogen-bond donors (Lipinski definition) is 0. The molecule has 0 saturated carbocycles. The van der Waals surface area contributed by atoms with E-state index in [9.17, 15) is 8.78 Å². The third-order valence-corrected chi connectivity index (χ3v) is 1.55. The third kappa shape index (κ3) is 1.60. The summed E-state index contributed by atoms with van der Waals surface area (Å²) >= 11 is 5.40. The molecule has 0 heterocycles. The first-order valence-electron chi connectivity index (χ1n) is 2.83. The van der Waals surface area contributed by atoms with Crippen molar-refractivity contribution in [3.8, 4) is 5.75 Å². The maximum absolute atomic E-state index is 12.6. The molecule has 0 saturated heterocycles. The van der Waals surface area contributed by atoms with Gasteiger partial charge in [0, 0.05) is 12.1 Å². The van der Waals surface area contributed by atoms with Gasteiger partial charge in [-0.05, 0) is 0 Å². The first-order chi connectivity index (χ1) is 5.15. The van der Waals surface area contributed by atoms with Crippen LogP contribution in [-0.4, -0.2) is 7.11 Å². The second-order valence-electron chi connectivity index (χ2n) is 1.90. The second kappa shape index (κ2) is 3.05. The Bertz CT molecular complexity index is 275. The molecule has 0 aliphatic heterocycles. The molecule has 60 valence electrons. The molecule has 0 bridgehead atoms. The molecule has 11 heavy (non-hydrogen) atoms. The topological polar surface area (TPSA) is 9.23 Å². The van der Waals surface area contributed by atoms with Crippen LogP contribution in [0, 0.1) is 11.6 Å². The van der Waals surface area contributed by atoms with Gasteiger partial charge in [0.05, 0.1) is 7.11 Å². The minimum Gasteiger partial charge on any atom is -0.495 e. The zero-order chi connectivity index (χ0) is 8.43. The fraction of sp³-hybridized carbons (Fsp3) is 0.143. The lowest BCUT2D eigenvalue weighted by atomic mass is 10.3. The van der Waals surface area contributed by atoms with E-state index in [0.717, 1.165) is 6.07 Å². The summed E-state index contributed by atoms with van der Waals surface area (Å²) in [5.74, 6) is -1.52. The first kappa shape index (κ1) is 8.27. The summed E-state index contributed by atoms with van der Waals surface area (Å²) in [5.41, 5.74) is 0. The second-order valence-corrected chi connectivity index (χ2v) is 2.28. The lowest BCUT2D eigenvalue weighted by Crippen LogP contribution is -1.88. The van der Waals surface area contributed by atoms with Gasteiger partial charge >= 0.3 is 0 Å². The van der Waals surface area contributed by atoms with Gasteiger partial charge < -0.3 is 4.74 Å². The van der Waals surface area contributed by atoms with Crippen molar-refractivity contribution >= 4 is 11.6 Å². The van der Waals surface area contributed by atoms with E-state index in [0.29, 0.717) is 6.07 Å². The molecule has 0 aliphatic rings. The Balaban J connectivity index is 3.24. The monoisotopic (exact) mass is 178 g/mol. The molecule has 1 rings (SSSR count). The molecule has 0 spiro atoms. The van der Waals surface area contributed by atoms with Gasteiger partial charge in [0.15, 0.2) is 0 Å². The number of ether oxygens (including phenoxy) is 1. The average molecular weight is 179 g/mol. The van der Waals surface area contributed by atoms with Gasteiger partial charge in [-0.15, -0.1) is 0 Å². The summed E-state index contributed by atoms with van der Waals surface area (Å²) in [4.78, 5) is 0. The van der Waals surface area contributed by atoms with Gasteiger partial charge in [0.2, 0.25) is 0 Å². The summed E-state index contributed by atoms with van der Waals surface area (Å²) in [5, 5.41) is -0.200. The Morgan fingerprint density at radius 1 is 1.36 bits per heavy atom. The van der Waals surface area contributed by atoms with E-state index < -0.39 is 11.6 Å². The minimum atomic E-state index is -0.816. The molecule has 0 unspecified atom stereocenters. The normalized spacial score (nSPS) is 9.82. The van der Waals surface area contributed by atoms with Crippen molar-refractivity contribution < 1.29 is 13.5 Å². The van der Waals surface area contributed by atoms with E-state index in [4.69, 9.17) is 11.6 Å². The third-order valence-electron chi connectivity index (χ3n) is 1.18. The molecule has 0 aliphatic carbocycles. The summed E-state index contributed by atoms with van der Waals surface area (Å²) in [7, 11) is 1.29. The summed E-state index contributed by atoms with van der Waals surface area (Å²) in [6, 6.07) is 1.72. The van der Waals surface area contributed by atoms with Gasteiger partial charge in [0.25, 0.3) is 0 Å². The zero-order valence-corrected chi connectivity index (χ0v) is 6.45. The quantitative estimate of drug-likeness (QED) is 0.601. The molecule has 1 aromatic carbocycles. The van der Waals surface area contributed by atoms with Gasteiger partial charge in [-0.25, -0.2) is 8.78 Å². The van der Waals surface area contributed by atoms with Crippen LogP contribution in [0.5, 0.6) is 5.75 Å². The van der Waals surface area contributed by atoms with Crippen LogP contribution in [0.2, 0.25) is 5.02 Å². The van der Waals surface area contributed by atoms with Crippen LogP contribution < -0.4 is 4.74 Å². The zero-order valence-electron chi connectivity index (χ0n) is 5.70. The van der Waals surface area contributed by atoms with Crippen LogP contribution in [0.25, 0.3) is 0 Å². The van der Waals surface area contributed by atoms with Crippen LogP contribution in [-0.2, 0) is 0 Å². The maximum Gasteiger partial charge on any atom is 0.148 e. The van der Waals surface area contributed by atoms with Gasteiger partial charge in [-0.2, -0.15) is 0 Å². The van der Waals surface area contributed by atoms with Crippen LogP contribution in [0.3, 0.4) is 0 Å². The van der Waals surface area contributed by atoms with Crippen molar-refractivity contribution in [2.24, 2.45) is 0 Å².